The first-order chi connectivity index (χ1) is 18.5. The molecule has 1 fully saturated rings. The fourth-order valence-corrected chi connectivity index (χ4v) is 4.64. The normalized spacial score (nSPS) is 18.1. The average molecular weight is 552 g/mol. The number of hydrogen-bond acceptors (Lipinski definition) is 9. The standard InChI is InChI=1S/C26H41N5O8/c1-20-2-4-21(5-3-20)14-22(15-27-16-23(32)33)31-12-10-29(18-25(36)37)8-6-28(17-24(34)35)7-9-30(11-13-31)19-26(38)39/h2-5,22,27H,6-19H2,1H3,(H,32,33)(H,34,35)(H,36,37)(H,38,39). The van der Waals surface area contributed by atoms with Crippen LogP contribution in [0.1, 0.15) is 11.1 Å². The molecule has 0 aromatic heterocycles. The second-order valence-corrected chi connectivity index (χ2v) is 9.91. The van der Waals surface area contributed by atoms with Crippen LogP contribution in [-0.2, 0) is 25.6 Å². The van der Waals surface area contributed by atoms with Crippen LogP contribution in [0.25, 0.3) is 0 Å². The molecule has 13 nitrogen and oxygen atoms in total. The van der Waals surface area contributed by atoms with E-state index in [1.807, 2.05) is 31.2 Å². The van der Waals surface area contributed by atoms with Gasteiger partial charge in [-0.15, -0.1) is 0 Å². The molecule has 13 heteroatoms. The van der Waals surface area contributed by atoms with Gasteiger partial charge in [-0.05, 0) is 18.9 Å². The van der Waals surface area contributed by atoms with Gasteiger partial charge < -0.3 is 25.7 Å². The second-order valence-electron chi connectivity index (χ2n) is 9.91. The summed E-state index contributed by atoms with van der Waals surface area (Å²) in [5, 5.41) is 40.3. The highest BCUT2D eigenvalue weighted by molar-refractivity contribution is 5.70. The van der Waals surface area contributed by atoms with Gasteiger partial charge in [-0.1, -0.05) is 29.8 Å². The van der Waals surface area contributed by atoms with E-state index >= 15 is 0 Å². The van der Waals surface area contributed by atoms with Crippen molar-refractivity contribution in [1.29, 1.82) is 0 Å². The van der Waals surface area contributed by atoms with Gasteiger partial charge in [0.1, 0.15) is 0 Å². The SMILES string of the molecule is Cc1ccc(CC(CNCC(=O)O)N2CCN(CC(=O)O)CCN(CC(=O)O)CCN(CC(=O)O)CC2)cc1. The number of carboxylic acid groups (broad SMARTS) is 4. The maximum absolute atomic E-state index is 11.5. The molecule has 2 rings (SSSR count). The molecule has 218 valence electrons. The minimum absolute atomic E-state index is 0.128. The van der Waals surface area contributed by atoms with Gasteiger partial charge in [0.25, 0.3) is 0 Å². The zero-order valence-electron chi connectivity index (χ0n) is 22.5. The molecule has 5 N–H and O–H groups in total. The van der Waals surface area contributed by atoms with Crippen molar-refractivity contribution in [3.05, 3.63) is 35.4 Å². The number of benzene rings is 1. The summed E-state index contributed by atoms with van der Waals surface area (Å²) in [7, 11) is 0. The Morgan fingerprint density at radius 2 is 1.10 bits per heavy atom. The maximum atomic E-state index is 11.5. The van der Waals surface area contributed by atoms with Crippen molar-refractivity contribution in [3.8, 4) is 0 Å². The summed E-state index contributed by atoms with van der Waals surface area (Å²) in [6.45, 7) is 4.64. The van der Waals surface area contributed by atoms with Crippen molar-refractivity contribution >= 4 is 23.9 Å². The Balaban J connectivity index is 2.30. The molecule has 1 heterocycles. The lowest BCUT2D eigenvalue weighted by molar-refractivity contribution is -0.140. The number of nitrogens with zero attached hydrogens (tertiary/aromatic N) is 4. The summed E-state index contributed by atoms with van der Waals surface area (Å²) in [6, 6.07) is 7.96. The van der Waals surface area contributed by atoms with Crippen molar-refractivity contribution in [2.24, 2.45) is 0 Å². The third kappa shape index (κ3) is 13.5. The van der Waals surface area contributed by atoms with Gasteiger partial charge in [0.15, 0.2) is 0 Å². The molecule has 0 saturated carbocycles. The van der Waals surface area contributed by atoms with Gasteiger partial charge in [-0.3, -0.25) is 38.8 Å². The molecular formula is C26H41N5O8. The Labute approximate surface area is 228 Å². The highest BCUT2D eigenvalue weighted by Crippen LogP contribution is 2.12. The molecule has 0 spiro atoms. The van der Waals surface area contributed by atoms with Crippen molar-refractivity contribution in [1.82, 2.24) is 24.9 Å². The average Bonchev–Trinajstić information content (AvgIpc) is 2.83. The van der Waals surface area contributed by atoms with Crippen molar-refractivity contribution in [3.63, 3.8) is 0 Å². The number of carboxylic acids is 4. The molecule has 1 aromatic rings. The quantitative estimate of drug-likeness (QED) is 0.203. The molecule has 1 saturated heterocycles. The van der Waals surface area contributed by atoms with Crippen LogP contribution in [0.3, 0.4) is 0 Å². The molecule has 1 aromatic carbocycles. The third-order valence-electron chi connectivity index (χ3n) is 6.71. The predicted octanol–water partition coefficient (Wildman–Crippen LogP) is -0.944. The minimum Gasteiger partial charge on any atom is -0.480 e. The van der Waals surface area contributed by atoms with E-state index < -0.39 is 23.9 Å². The van der Waals surface area contributed by atoms with Crippen LogP contribution in [0.5, 0.6) is 0 Å². The van der Waals surface area contributed by atoms with Crippen LogP contribution >= 0.6 is 0 Å². The summed E-state index contributed by atoms with van der Waals surface area (Å²) < 4.78 is 0. The minimum atomic E-state index is -1.00. The molecule has 1 atom stereocenters. The lowest BCUT2D eigenvalue weighted by atomic mass is 10.0. The van der Waals surface area contributed by atoms with E-state index in [4.69, 9.17) is 5.11 Å². The topological polar surface area (TPSA) is 174 Å². The highest BCUT2D eigenvalue weighted by Gasteiger charge is 2.24. The van der Waals surface area contributed by atoms with Gasteiger partial charge in [-0.2, -0.15) is 0 Å². The van der Waals surface area contributed by atoms with Crippen LogP contribution in [0.4, 0.5) is 0 Å². The lowest BCUT2D eigenvalue weighted by Gasteiger charge is -2.37. The summed E-state index contributed by atoms with van der Waals surface area (Å²) in [6.07, 6.45) is 0.622. The van der Waals surface area contributed by atoms with Crippen LogP contribution < -0.4 is 5.32 Å². The number of aryl methyl sites for hydroxylation is 1. The number of hydrogen-bond donors (Lipinski definition) is 5. The first-order valence-electron chi connectivity index (χ1n) is 13.1. The zero-order chi connectivity index (χ0) is 28.8. The van der Waals surface area contributed by atoms with Crippen LogP contribution in [0.15, 0.2) is 24.3 Å². The predicted molar refractivity (Wildman–Crippen MR) is 143 cm³/mol. The Morgan fingerprint density at radius 3 is 1.49 bits per heavy atom. The Morgan fingerprint density at radius 1 is 0.692 bits per heavy atom. The van der Waals surface area contributed by atoms with E-state index in [-0.39, 0.29) is 32.2 Å². The van der Waals surface area contributed by atoms with Crippen molar-refractivity contribution < 1.29 is 39.6 Å². The Hall–Kier alpha value is -3.10. The van der Waals surface area contributed by atoms with Gasteiger partial charge in [0, 0.05) is 64.9 Å². The molecule has 0 amide bonds. The smallest absolute Gasteiger partial charge is 0.317 e. The molecule has 1 aliphatic rings. The van der Waals surface area contributed by atoms with Crippen LogP contribution in [0.2, 0.25) is 0 Å². The van der Waals surface area contributed by atoms with Gasteiger partial charge in [-0.25, -0.2) is 0 Å². The molecular weight excluding hydrogens is 510 g/mol. The first-order valence-corrected chi connectivity index (χ1v) is 13.1. The molecule has 39 heavy (non-hydrogen) atoms. The fourth-order valence-electron chi connectivity index (χ4n) is 4.64. The molecule has 0 bridgehead atoms. The van der Waals surface area contributed by atoms with Gasteiger partial charge in [0.2, 0.25) is 0 Å². The van der Waals surface area contributed by atoms with E-state index in [1.165, 1.54) is 0 Å². The first kappa shape index (κ1) is 32.1. The summed E-state index contributed by atoms with van der Waals surface area (Å²) in [5.74, 6) is -3.93. The Bertz CT molecular complexity index is 913. The number of aliphatic carboxylic acids is 4. The second kappa shape index (κ2) is 16.8. The molecule has 0 aliphatic carbocycles. The summed E-state index contributed by atoms with van der Waals surface area (Å²) in [4.78, 5) is 53.0. The fraction of sp³-hybridized carbons (Fsp3) is 0.615. The van der Waals surface area contributed by atoms with E-state index in [0.717, 1.165) is 11.1 Å². The number of rotatable bonds is 13. The monoisotopic (exact) mass is 551 g/mol. The van der Waals surface area contributed by atoms with Crippen LogP contribution in [-0.4, -0.2) is 155 Å². The van der Waals surface area contributed by atoms with E-state index in [9.17, 15) is 34.5 Å². The third-order valence-corrected chi connectivity index (χ3v) is 6.71. The van der Waals surface area contributed by atoms with Crippen LogP contribution in [0, 0.1) is 6.92 Å². The Kier molecular flexibility index (Phi) is 13.8. The molecule has 1 aliphatic heterocycles. The van der Waals surface area contributed by atoms with Crippen molar-refractivity contribution in [2.45, 2.75) is 19.4 Å². The van der Waals surface area contributed by atoms with Gasteiger partial charge in [0.05, 0.1) is 26.2 Å². The zero-order valence-corrected chi connectivity index (χ0v) is 22.5. The largest absolute Gasteiger partial charge is 0.480 e. The molecule has 0 radical (unpaired) electrons. The summed E-state index contributed by atoms with van der Waals surface area (Å²) >= 11 is 0. The lowest BCUT2D eigenvalue weighted by Crippen LogP contribution is -2.52. The highest BCUT2D eigenvalue weighted by atomic mass is 16.4. The van der Waals surface area contributed by atoms with Crippen molar-refractivity contribution in [2.75, 3.05) is 85.1 Å². The van der Waals surface area contributed by atoms with E-state index in [0.29, 0.717) is 65.3 Å². The summed E-state index contributed by atoms with van der Waals surface area (Å²) in [5.41, 5.74) is 2.19. The van der Waals surface area contributed by atoms with E-state index in [1.54, 1.807) is 14.7 Å². The number of nitrogens with one attached hydrogen (secondary N) is 1. The molecule has 1 unspecified atom stereocenters. The van der Waals surface area contributed by atoms with E-state index in [2.05, 4.69) is 10.2 Å². The van der Waals surface area contributed by atoms with Gasteiger partial charge >= 0.3 is 23.9 Å². The maximum Gasteiger partial charge on any atom is 0.317 e. The number of carbonyl (C=O) groups is 4.